The summed E-state index contributed by atoms with van der Waals surface area (Å²) in [7, 11) is 0. The summed E-state index contributed by atoms with van der Waals surface area (Å²) in [6.45, 7) is 4.44. The number of hydrogen-bond donors (Lipinski definition) is 1. The van der Waals surface area contributed by atoms with Gasteiger partial charge in [0.2, 0.25) is 0 Å². The molecule has 1 heteroatoms. The Morgan fingerprint density at radius 1 is 1.00 bits per heavy atom. The maximum absolute atomic E-state index is 9.96. The number of aliphatic hydroxyl groups is 1. The average Bonchev–Trinajstić information content (AvgIpc) is 2.46. The molecule has 0 aromatic heterocycles. The molecular weight excluding hydrogens is 232 g/mol. The number of aliphatic hydroxyl groups excluding tert-OH is 1. The first kappa shape index (κ1) is 13.8. The Hall–Kier alpha value is -1.60. The van der Waals surface area contributed by atoms with Crippen molar-refractivity contribution in [3.05, 3.63) is 71.3 Å². The van der Waals surface area contributed by atoms with Crippen LogP contribution in [0.4, 0.5) is 0 Å². The highest BCUT2D eigenvalue weighted by Crippen LogP contribution is 2.31. The zero-order valence-corrected chi connectivity index (χ0v) is 11.8. The fourth-order valence-corrected chi connectivity index (χ4v) is 2.69. The summed E-state index contributed by atoms with van der Waals surface area (Å²) in [5.41, 5.74) is 3.62. The van der Waals surface area contributed by atoms with E-state index >= 15 is 0 Å². The van der Waals surface area contributed by atoms with E-state index in [4.69, 9.17) is 0 Å². The number of rotatable bonds is 5. The van der Waals surface area contributed by atoms with Gasteiger partial charge in [0.05, 0.1) is 6.61 Å². The van der Waals surface area contributed by atoms with Crippen LogP contribution in [-0.2, 0) is 11.8 Å². The summed E-state index contributed by atoms with van der Waals surface area (Å²) in [6, 6.07) is 18.9. The molecule has 19 heavy (non-hydrogen) atoms. The molecule has 0 radical (unpaired) electrons. The molecule has 1 N–H and O–H groups in total. The van der Waals surface area contributed by atoms with E-state index in [1.807, 2.05) is 18.2 Å². The first-order valence-corrected chi connectivity index (χ1v) is 6.92. The molecule has 100 valence electrons. The summed E-state index contributed by atoms with van der Waals surface area (Å²) in [4.78, 5) is 0. The van der Waals surface area contributed by atoms with E-state index in [0.717, 1.165) is 12.8 Å². The van der Waals surface area contributed by atoms with Crippen LogP contribution in [0.15, 0.2) is 54.6 Å². The van der Waals surface area contributed by atoms with E-state index in [0.29, 0.717) is 0 Å². The molecule has 0 fully saturated rings. The van der Waals surface area contributed by atoms with Gasteiger partial charge in [-0.3, -0.25) is 0 Å². The van der Waals surface area contributed by atoms with Crippen LogP contribution in [0, 0.1) is 6.92 Å². The molecule has 0 heterocycles. The van der Waals surface area contributed by atoms with Gasteiger partial charge in [0, 0.05) is 5.41 Å². The van der Waals surface area contributed by atoms with Crippen LogP contribution < -0.4 is 0 Å². The summed E-state index contributed by atoms with van der Waals surface area (Å²) in [5.74, 6) is 0. The lowest BCUT2D eigenvalue weighted by Gasteiger charge is -2.31. The lowest BCUT2D eigenvalue weighted by molar-refractivity contribution is 0.186. The number of hydrogen-bond acceptors (Lipinski definition) is 1. The van der Waals surface area contributed by atoms with Crippen LogP contribution in [0.25, 0.3) is 0 Å². The smallest absolute Gasteiger partial charge is 0.0531 e. The van der Waals surface area contributed by atoms with Gasteiger partial charge in [-0.25, -0.2) is 0 Å². The lowest BCUT2D eigenvalue weighted by Crippen LogP contribution is -2.32. The quantitative estimate of drug-likeness (QED) is 0.858. The minimum Gasteiger partial charge on any atom is -0.395 e. The zero-order chi connectivity index (χ0) is 13.7. The normalized spacial score (nSPS) is 14.1. The monoisotopic (exact) mass is 254 g/mol. The Morgan fingerprint density at radius 3 is 2.32 bits per heavy atom. The molecule has 0 saturated heterocycles. The molecular formula is C18H22O. The van der Waals surface area contributed by atoms with Crippen LogP contribution in [-0.4, -0.2) is 11.7 Å². The summed E-state index contributed by atoms with van der Waals surface area (Å²) < 4.78 is 0. The van der Waals surface area contributed by atoms with Crippen molar-refractivity contribution in [3.63, 3.8) is 0 Å². The molecule has 1 nitrogen and oxygen atoms in total. The maximum atomic E-state index is 9.96. The van der Waals surface area contributed by atoms with Crippen molar-refractivity contribution >= 4 is 0 Å². The lowest BCUT2D eigenvalue weighted by atomic mass is 9.74. The first-order chi connectivity index (χ1) is 9.20. The standard InChI is InChI=1S/C18H22O/c1-3-18(14-19,17-10-5-4-6-11-17)13-16-9-7-8-15(2)12-16/h4-12,19H,3,13-14H2,1-2H3. The SMILES string of the molecule is CCC(CO)(Cc1cccc(C)c1)c1ccccc1. The third-order valence-corrected chi connectivity index (χ3v) is 3.99. The van der Waals surface area contributed by atoms with Gasteiger partial charge >= 0.3 is 0 Å². The van der Waals surface area contributed by atoms with Crippen LogP contribution in [0.5, 0.6) is 0 Å². The van der Waals surface area contributed by atoms with Gasteiger partial charge in [0.25, 0.3) is 0 Å². The zero-order valence-electron chi connectivity index (χ0n) is 11.8. The predicted molar refractivity (Wildman–Crippen MR) is 80.4 cm³/mol. The van der Waals surface area contributed by atoms with Gasteiger partial charge in [-0.2, -0.15) is 0 Å². The Kier molecular flexibility index (Phi) is 4.39. The highest BCUT2D eigenvalue weighted by atomic mass is 16.3. The summed E-state index contributed by atoms with van der Waals surface area (Å²) in [6.07, 6.45) is 1.81. The Bertz CT molecular complexity index is 512. The van der Waals surface area contributed by atoms with Crippen LogP contribution in [0.2, 0.25) is 0 Å². The summed E-state index contributed by atoms with van der Waals surface area (Å²) >= 11 is 0. The van der Waals surface area contributed by atoms with Crippen molar-refractivity contribution in [2.45, 2.75) is 32.1 Å². The third-order valence-electron chi connectivity index (χ3n) is 3.99. The molecule has 0 amide bonds. The molecule has 0 aliphatic carbocycles. The second-order valence-corrected chi connectivity index (χ2v) is 5.32. The molecule has 2 aromatic carbocycles. The minimum atomic E-state index is -0.172. The van der Waals surface area contributed by atoms with Crippen molar-refractivity contribution in [2.75, 3.05) is 6.61 Å². The highest BCUT2D eigenvalue weighted by Gasteiger charge is 2.29. The van der Waals surface area contributed by atoms with Gasteiger partial charge in [0.1, 0.15) is 0 Å². The molecule has 0 aliphatic rings. The predicted octanol–water partition coefficient (Wildman–Crippen LogP) is 3.88. The van der Waals surface area contributed by atoms with Gasteiger partial charge in [0.15, 0.2) is 0 Å². The largest absolute Gasteiger partial charge is 0.395 e. The molecule has 2 rings (SSSR count). The second kappa shape index (κ2) is 6.03. The highest BCUT2D eigenvalue weighted by molar-refractivity contribution is 5.31. The topological polar surface area (TPSA) is 20.2 Å². The number of aryl methyl sites for hydroxylation is 1. The van der Waals surface area contributed by atoms with Gasteiger partial charge < -0.3 is 5.11 Å². The molecule has 1 atom stereocenters. The van der Waals surface area contributed by atoms with Crippen molar-refractivity contribution in [1.82, 2.24) is 0 Å². The maximum Gasteiger partial charge on any atom is 0.0531 e. The Labute approximate surface area is 115 Å². The molecule has 2 aromatic rings. The van der Waals surface area contributed by atoms with E-state index < -0.39 is 0 Å². The fraction of sp³-hybridized carbons (Fsp3) is 0.333. The van der Waals surface area contributed by atoms with Gasteiger partial charge in [-0.15, -0.1) is 0 Å². The van der Waals surface area contributed by atoms with Crippen LogP contribution in [0.1, 0.15) is 30.0 Å². The Morgan fingerprint density at radius 2 is 1.74 bits per heavy atom. The van der Waals surface area contributed by atoms with E-state index in [-0.39, 0.29) is 12.0 Å². The fourth-order valence-electron chi connectivity index (χ4n) is 2.69. The van der Waals surface area contributed by atoms with Crippen LogP contribution in [0.3, 0.4) is 0 Å². The van der Waals surface area contributed by atoms with E-state index in [9.17, 15) is 5.11 Å². The van der Waals surface area contributed by atoms with Crippen molar-refractivity contribution in [2.24, 2.45) is 0 Å². The number of benzene rings is 2. The van der Waals surface area contributed by atoms with Crippen molar-refractivity contribution in [1.29, 1.82) is 0 Å². The van der Waals surface area contributed by atoms with E-state index in [2.05, 4.69) is 50.2 Å². The Balaban J connectivity index is 2.35. The average molecular weight is 254 g/mol. The molecule has 0 spiro atoms. The second-order valence-electron chi connectivity index (χ2n) is 5.32. The molecule has 0 bridgehead atoms. The van der Waals surface area contributed by atoms with Crippen molar-refractivity contribution in [3.8, 4) is 0 Å². The third kappa shape index (κ3) is 3.05. The van der Waals surface area contributed by atoms with Crippen molar-refractivity contribution < 1.29 is 5.11 Å². The van der Waals surface area contributed by atoms with Crippen LogP contribution >= 0.6 is 0 Å². The van der Waals surface area contributed by atoms with Gasteiger partial charge in [-0.1, -0.05) is 67.1 Å². The molecule has 0 saturated carbocycles. The van der Waals surface area contributed by atoms with Gasteiger partial charge in [-0.05, 0) is 30.9 Å². The minimum absolute atomic E-state index is 0.172. The molecule has 1 unspecified atom stereocenters. The molecule has 0 aliphatic heterocycles. The van der Waals surface area contributed by atoms with E-state index in [1.54, 1.807) is 0 Å². The first-order valence-electron chi connectivity index (χ1n) is 6.92. The summed E-state index contributed by atoms with van der Waals surface area (Å²) in [5, 5.41) is 9.96. The van der Waals surface area contributed by atoms with E-state index in [1.165, 1.54) is 16.7 Å².